The molecule has 9 heteroatoms. The molecule has 0 saturated carbocycles. The first kappa shape index (κ1) is 24.3. The molecule has 0 unspecified atom stereocenters. The lowest BCUT2D eigenvalue weighted by atomic mass is 9.95. The van der Waals surface area contributed by atoms with Crippen LogP contribution in [-0.4, -0.2) is 36.0 Å². The summed E-state index contributed by atoms with van der Waals surface area (Å²) in [5, 5.41) is 9.80. The van der Waals surface area contributed by atoms with E-state index in [1.165, 1.54) is 30.1 Å². The van der Waals surface area contributed by atoms with Crippen molar-refractivity contribution in [2.24, 2.45) is 4.99 Å². The van der Waals surface area contributed by atoms with E-state index in [2.05, 4.69) is 4.99 Å². The van der Waals surface area contributed by atoms with Gasteiger partial charge in [-0.2, -0.15) is 0 Å². The second kappa shape index (κ2) is 9.79. The van der Waals surface area contributed by atoms with Crippen molar-refractivity contribution < 1.29 is 24.1 Å². The molecule has 1 aromatic heterocycles. The minimum Gasteiger partial charge on any atom is -0.508 e. The molecule has 8 nitrogen and oxygen atoms in total. The molecule has 1 aliphatic rings. The fourth-order valence-corrected chi connectivity index (χ4v) is 5.03. The molecular weight excluding hydrogens is 468 g/mol. The molecular formula is C26H26N2O6S. The number of methoxy groups -OCH3 is 2. The van der Waals surface area contributed by atoms with Crippen LogP contribution in [0.25, 0.3) is 6.08 Å². The number of aromatic hydroxyl groups is 1. The van der Waals surface area contributed by atoms with Crippen LogP contribution in [0, 0.1) is 0 Å². The molecule has 2 aromatic carbocycles. The summed E-state index contributed by atoms with van der Waals surface area (Å²) in [6, 6.07) is 11.2. The lowest BCUT2D eigenvalue weighted by Gasteiger charge is -2.25. The van der Waals surface area contributed by atoms with Crippen LogP contribution in [0.5, 0.6) is 17.2 Å². The van der Waals surface area contributed by atoms with Crippen molar-refractivity contribution in [1.82, 2.24) is 4.57 Å². The lowest BCUT2D eigenvalue weighted by molar-refractivity contribution is -0.136. The van der Waals surface area contributed by atoms with Gasteiger partial charge in [-0.3, -0.25) is 9.36 Å². The Hall–Kier alpha value is -3.85. The van der Waals surface area contributed by atoms with Gasteiger partial charge in [0.15, 0.2) is 16.3 Å². The maximum atomic E-state index is 13.6. The Morgan fingerprint density at radius 1 is 1.17 bits per heavy atom. The van der Waals surface area contributed by atoms with E-state index in [9.17, 15) is 14.7 Å². The number of phenols is 1. The molecule has 4 rings (SSSR count). The maximum Gasteiger partial charge on any atom is 0.338 e. The highest BCUT2D eigenvalue weighted by Crippen LogP contribution is 2.36. The number of rotatable bonds is 6. The van der Waals surface area contributed by atoms with E-state index in [-0.39, 0.29) is 23.0 Å². The maximum absolute atomic E-state index is 13.6. The molecule has 0 spiro atoms. The number of carbonyl (C=O) groups is 1. The second-order valence-electron chi connectivity index (χ2n) is 8.25. The monoisotopic (exact) mass is 494 g/mol. The first-order valence-corrected chi connectivity index (χ1v) is 11.8. The van der Waals surface area contributed by atoms with Crippen LogP contribution in [-0.2, 0) is 9.53 Å². The molecule has 182 valence electrons. The summed E-state index contributed by atoms with van der Waals surface area (Å²) < 4.78 is 18.3. The molecule has 0 fully saturated rings. The zero-order valence-corrected chi connectivity index (χ0v) is 20.9. The summed E-state index contributed by atoms with van der Waals surface area (Å²) in [4.78, 5) is 31.4. The van der Waals surface area contributed by atoms with Crippen LogP contribution >= 0.6 is 11.3 Å². The second-order valence-corrected chi connectivity index (χ2v) is 9.25. The van der Waals surface area contributed by atoms with Gasteiger partial charge in [0, 0.05) is 0 Å². The summed E-state index contributed by atoms with van der Waals surface area (Å²) >= 11 is 1.21. The topological polar surface area (TPSA) is 99.4 Å². The third kappa shape index (κ3) is 4.72. The van der Waals surface area contributed by atoms with Gasteiger partial charge in [-0.15, -0.1) is 0 Å². The van der Waals surface area contributed by atoms with Gasteiger partial charge < -0.3 is 19.3 Å². The molecule has 0 amide bonds. The van der Waals surface area contributed by atoms with E-state index in [0.29, 0.717) is 37.7 Å². The largest absolute Gasteiger partial charge is 0.508 e. The van der Waals surface area contributed by atoms with Crippen molar-refractivity contribution in [1.29, 1.82) is 0 Å². The molecule has 0 radical (unpaired) electrons. The number of allylic oxidation sites excluding steroid dienone is 1. The fraction of sp³-hybridized carbons (Fsp3) is 0.269. The van der Waals surface area contributed by atoms with Gasteiger partial charge in [-0.1, -0.05) is 29.5 Å². The molecule has 0 saturated heterocycles. The molecule has 1 atom stereocenters. The van der Waals surface area contributed by atoms with E-state index < -0.39 is 12.0 Å². The van der Waals surface area contributed by atoms with E-state index in [0.717, 1.165) is 0 Å². The van der Waals surface area contributed by atoms with Crippen molar-refractivity contribution in [3.05, 3.63) is 84.5 Å². The SMILES string of the molecule is COC(=O)C1=C(C)N=c2s/c(=C\c3cccc(O)c3)c(=O)n2[C@H]1c1ccc(OC(C)C)c(OC)c1. The minimum absolute atomic E-state index is 0.0578. The zero-order valence-electron chi connectivity index (χ0n) is 20.1. The normalized spacial score (nSPS) is 15.6. The number of benzene rings is 2. The van der Waals surface area contributed by atoms with E-state index in [1.807, 2.05) is 13.8 Å². The predicted octanol–water partition coefficient (Wildman–Crippen LogP) is 2.91. The summed E-state index contributed by atoms with van der Waals surface area (Å²) in [5.41, 5.74) is 1.75. The Morgan fingerprint density at radius 2 is 1.94 bits per heavy atom. The van der Waals surface area contributed by atoms with Gasteiger partial charge in [-0.05, 0) is 62.2 Å². The van der Waals surface area contributed by atoms with Crippen LogP contribution < -0.4 is 24.4 Å². The molecule has 0 aliphatic carbocycles. The average molecular weight is 495 g/mol. The summed E-state index contributed by atoms with van der Waals surface area (Å²) in [6.07, 6.45) is 1.63. The Balaban J connectivity index is 1.95. The summed E-state index contributed by atoms with van der Waals surface area (Å²) in [5.74, 6) is 0.573. The van der Waals surface area contributed by atoms with Crippen molar-refractivity contribution >= 4 is 23.4 Å². The molecule has 35 heavy (non-hydrogen) atoms. The minimum atomic E-state index is -0.771. The highest BCUT2D eigenvalue weighted by molar-refractivity contribution is 7.07. The van der Waals surface area contributed by atoms with Crippen LogP contribution in [0.1, 0.15) is 37.9 Å². The predicted molar refractivity (Wildman–Crippen MR) is 133 cm³/mol. The number of fused-ring (bicyclic) bond motifs is 1. The summed E-state index contributed by atoms with van der Waals surface area (Å²) in [6.45, 7) is 5.55. The summed E-state index contributed by atoms with van der Waals surface area (Å²) in [7, 11) is 2.84. The number of hydrogen-bond donors (Lipinski definition) is 1. The highest BCUT2D eigenvalue weighted by atomic mass is 32.1. The first-order chi connectivity index (χ1) is 16.7. The van der Waals surface area contributed by atoms with E-state index >= 15 is 0 Å². The smallest absolute Gasteiger partial charge is 0.338 e. The van der Waals surface area contributed by atoms with Gasteiger partial charge in [0.2, 0.25) is 0 Å². The van der Waals surface area contributed by atoms with Crippen LogP contribution in [0.3, 0.4) is 0 Å². The number of esters is 1. The Labute approximate surface area is 206 Å². The van der Waals surface area contributed by atoms with Crippen molar-refractivity contribution in [3.63, 3.8) is 0 Å². The Bertz CT molecular complexity index is 1500. The Kier molecular flexibility index (Phi) is 6.79. The van der Waals surface area contributed by atoms with Gasteiger partial charge >= 0.3 is 5.97 Å². The molecule has 1 aliphatic heterocycles. The highest BCUT2D eigenvalue weighted by Gasteiger charge is 2.33. The number of thiazole rings is 1. The van der Waals surface area contributed by atoms with Crippen LogP contribution in [0.4, 0.5) is 0 Å². The standard InChI is InChI=1S/C26H26N2O6S/c1-14(2)34-19-10-9-17(13-20(19)32-4)23-22(25(31)33-5)15(3)27-26-28(23)24(30)21(35-26)12-16-7-6-8-18(29)11-16/h6-14,23,29H,1-5H3/b21-12-/t23-/m0/s1. The van der Waals surface area contributed by atoms with Gasteiger partial charge in [0.05, 0.1) is 42.2 Å². The molecule has 3 aromatic rings. The van der Waals surface area contributed by atoms with Crippen molar-refractivity contribution in [2.45, 2.75) is 32.9 Å². The van der Waals surface area contributed by atoms with E-state index in [1.54, 1.807) is 55.5 Å². The number of ether oxygens (including phenoxy) is 3. The lowest BCUT2D eigenvalue weighted by Crippen LogP contribution is -2.39. The molecule has 0 bridgehead atoms. The van der Waals surface area contributed by atoms with Crippen molar-refractivity contribution in [3.8, 4) is 17.2 Å². The number of aromatic nitrogens is 1. The van der Waals surface area contributed by atoms with Gasteiger partial charge in [0.1, 0.15) is 5.75 Å². The van der Waals surface area contributed by atoms with Crippen LogP contribution in [0.2, 0.25) is 0 Å². The zero-order chi connectivity index (χ0) is 25.3. The first-order valence-electron chi connectivity index (χ1n) is 11.0. The van der Waals surface area contributed by atoms with Crippen LogP contribution in [0.15, 0.2) is 63.5 Å². The Morgan fingerprint density at radius 3 is 2.60 bits per heavy atom. The number of nitrogens with zero attached hydrogens (tertiary/aromatic N) is 2. The number of phenolic OH excluding ortho intramolecular Hbond substituents is 1. The van der Waals surface area contributed by atoms with E-state index in [4.69, 9.17) is 14.2 Å². The van der Waals surface area contributed by atoms with Gasteiger partial charge in [0.25, 0.3) is 5.56 Å². The fourth-order valence-electron chi connectivity index (χ4n) is 3.98. The van der Waals surface area contributed by atoms with Crippen molar-refractivity contribution in [2.75, 3.05) is 14.2 Å². The third-order valence-corrected chi connectivity index (χ3v) is 6.44. The number of carbonyl (C=O) groups excluding carboxylic acids is 1. The number of hydrogen-bond acceptors (Lipinski definition) is 8. The quantitative estimate of drug-likeness (QED) is 0.529. The third-order valence-electron chi connectivity index (χ3n) is 5.46. The molecule has 2 heterocycles. The molecule has 1 N–H and O–H groups in total. The van der Waals surface area contributed by atoms with Gasteiger partial charge in [-0.25, -0.2) is 9.79 Å². The average Bonchev–Trinajstić information content (AvgIpc) is 3.12.